The lowest BCUT2D eigenvalue weighted by molar-refractivity contribution is -0.120. The lowest BCUT2D eigenvalue weighted by atomic mass is 9.89. The molecule has 0 saturated carbocycles. The number of benzene rings is 2. The fourth-order valence-electron chi connectivity index (χ4n) is 3.58. The first-order valence-corrected chi connectivity index (χ1v) is 11.7. The molecular weight excluding hydrogens is 404 g/mol. The van der Waals surface area contributed by atoms with Crippen molar-refractivity contribution >= 4 is 21.6 Å². The number of nitrogens with one attached hydrogen (secondary N) is 1. The van der Waals surface area contributed by atoms with Crippen LogP contribution in [0.25, 0.3) is 0 Å². The Labute approximate surface area is 178 Å². The monoisotopic (exact) mass is 432 g/mol. The summed E-state index contributed by atoms with van der Waals surface area (Å²) in [6.07, 6.45) is 1.67. The zero-order chi connectivity index (χ0) is 21.9. The minimum absolute atomic E-state index is 0.265. The molecule has 0 fully saturated rings. The molecule has 8 heteroatoms. The van der Waals surface area contributed by atoms with Gasteiger partial charge in [-0.3, -0.25) is 9.10 Å². The van der Waals surface area contributed by atoms with Gasteiger partial charge >= 0.3 is 0 Å². The van der Waals surface area contributed by atoms with Gasteiger partial charge in [0.25, 0.3) is 0 Å². The van der Waals surface area contributed by atoms with Gasteiger partial charge in [-0.1, -0.05) is 18.2 Å². The molecule has 0 saturated heterocycles. The largest absolute Gasteiger partial charge is 0.494 e. The van der Waals surface area contributed by atoms with E-state index < -0.39 is 15.6 Å². The number of anilines is 1. The number of hydrogen-bond donors (Lipinski definition) is 1. The topological polar surface area (TPSA) is 84.9 Å². The molecule has 30 heavy (non-hydrogen) atoms. The van der Waals surface area contributed by atoms with E-state index in [4.69, 9.17) is 9.47 Å². The summed E-state index contributed by atoms with van der Waals surface area (Å²) in [5.41, 5.74) is 0.846. The Morgan fingerprint density at radius 2 is 1.87 bits per heavy atom. The van der Waals surface area contributed by atoms with Crippen LogP contribution in [-0.4, -0.2) is 39.3 Å². The number of fused-ring (bicyclic) bond motifs is 1. The Morgan fingerprint density at radius 1 is 1.20 bits per heavy atom. The Balaban J connectivity index is 1.79. The van der Waals surface area contributed by atoms with E-state index >= 15 is 0 Å². The number of ether oxygens (including phenoxy) is 2. The summed E-state index contributed by atoms with van der Waals surface area (Å²) in [5, 5.41) is 2.98. The van der Waals surface area contributed by atoms with Crippen molar-refractivity contribution in [2.75, 3.05) is 23.7 Å². The maximum Gasteiger partial charge on any atom is 0.241 e. The van der Waals surface area contributed by atoms with Crippen LogP contribution in [0.3, 0.4) is 0 Å². The van der Waals surface area contributed by atoms with Crippen molar-refractivity contribution in [3.63, 3.8) is 0 Å². The molecule has 1 atom stereocenters. The number of carbonyl (C=O) groups is 1. The third-order valence-corrected chi connectivity index (χ3v) is 5.98. The second kappa shape index (κ2) is 8.55. The van der Waals surface area contributed by atoms with E-state index in [-0.39, 0.29) is 18.5 Å². The summed E-state index contributed by atoms with van der Waals surface area (Å²) in [6.45, 7) is 6.00. The number of amides is 1. The van der Waals surface area contributed by atoms with Gasteiger partial charge in [0.05, 0.1) is 24.6 Å². The molecular formula is C22H28N2O5S. The molecule has 1 heterocycles. The van der Waals surface area contributed by atoms with Gasteiger partial charge in [-0.15, -0.1) is 0 Å². The van der Waals surface area contributed by atoms with Crippen LogP contribution in [0.1, 0.15) is 38.8 Å². The molecule has 1 aliphatic rings. The molecule has 1 aliphatic heterocycles. The van der Waals surface area contributed by atoms with Gasteiger partial charge in [0.1, 0.15) is 23.6 Å². The molecule has 2 aromatic rings. The quantitative estimate of drug-likeness (QED) is 0.726. The van der Waals surface area contributed by atoms with Crippen molar-refractivity contribution in [1.82, 2.24) is 5.32 Å². The van der Waals surface area contributed by atoms with Crippen LogP contribution in [0.5, 0.6) is 11.5 Å². The van der Waals surface area contributed by atoms with E-state index in [0.29, 0.717) is 24.5 Å². The first kappa shape index (κ1) is 22.0. The smallest absolute Gasteiger partial charge is 0.241 e. The molecule has 0 spiro atoms. The molecule has 0 aliphatic carbocycles. The highest BCUT2D eigenvalue weighted by atomic mass is 32.2. The molecule has 0 radical (unpaired) electrons. The van der Waals surface area contributed by atoms with E-state index in [0.717, 1.165) is 21.9 Å². The predicted octanol–water partition coefficient (Wildman–Crippen LogP) is 3.27. The zero-order valence-corrected chi connectivity index (χ0v) is 18.5. The van der Waals surface area contributed by atoms with Gasteiger partial charge in [-0.25, -0.2) is 8.42 Å². The molecule has 1 N–H and O–H groups in total. The van der Waals surface area contributed by atoms with Crippen molar-refractivity contribution in [1.29, 1.82) is 0 Å². The number of hydrogen-bond acceptors (Lipinski definition) is 5. The summed E-state index contributed by atoms with van der Waals surface area (Å²) < 4.78 is 37.2. The summed E-state index contributed by atoms with van der Waals surface area (Å²) >= 11 is 0. The van der Waals surface area contributed by atoms with Crippen LogP contribution in [0.15, 0.2) is 48.5 Å². The van der Waals surface area contributed by atoms with Crippen LogP contribution in [-0.2, 0) is 14.8 Å². The number of sulfonamides is 1. The van der Waals surface area contributed by atoms with Crippen molar-refractivity contribution in [2.24, 2.45) is 0 Å². The van der Waals surface area contributed by atoms with Gasteiger partial charge < -0.3 is 14.8 Å². The standard InChI is InChI=1S/C22H28N2O5S/c1-5-28-17-12-10-16(11-13-17)24(30(4,26)27)15-21(25)23-19-14-22(2,3)29-20-9-7-6-8-18(19)20/h6-13,19H,5,14-15H2,1-4H3,(H,23,25)/t19-/m0/s1. The van der Waals surface area contributed by atoms with Crippen molar-refractivity contribution in [3.05, 3.63) is 54.1 Å². The number of nitrogens with zero attached hydrogens (tertiary/aromatic N) is 1. The third kappa shape index (κ3) is 5.24. The lowest BCUT2D eigenvalue weighted by Gasteiger charge is -2.38. The van der Waals surface area contributed by atoms with Crippen LogP contribution in [0.4, 0.5) is 5.69 Å². The molecule has 2 aromatic carbocycles. The second-order valence-corrected chi connectivity index (χ2v) is 9.83. The predicted molar refractivity (Wildman–Crippen MR) is 116 cm³/mol. The Kier molecular flexibility index (Phi) is 6.26. The fraction of sp³-hybridized carbons (Fsp3) is 0.409. The number of rotatable bonds is 7. The fourth-order valence-corrected chi connectivity index (χ4v) is 4.43. The Bertz CT molecular complexity index is 1000. The lowest BCUT2D eigenvalue weighted by Crippen LogP contribution is -2.45. The van der Waals surface area contributed by atoms with Gasteiger partial charge in [-0.05, 0) is 51.1 Å². The normalized spacial score (nSPS) is 17.4. The van der Waals surface area contributed by atoms with E-state index in [1.54, 1.807) is 24.3 Å². The van der Waals surface area contributed by atoms with Crippen LogP contribution < -0.4 is 19.1 Å². The average molecular weight is 433 g/mol. The summed E-state index contributed by atoms with van der Waals surface area (Å²) in [4.78, 5) is 12.8. The van der Waals surface area contributed by atoms with Crippen LogP contribution >= 0.6 is 0 Å². The second-order valence-electron chi connectivity index (χ2n) is 7.92. The van der Waals surface area contributed by atoms with Crippen molar-refractivity contribution in [2.45, 2.75) is 38.8 Å². The molecule has 162 valence electrons. The Hall–Kier alpha value is -2.74. The third-order valence-electron chi connectivity index (χ3n) is 4.83. The number of carbonyl (C=O) groups excluding carboxylic acids is 1. The summed E-state index contributed by atoms with van der Waals surface area (Å²) in [5.74, 6) is 0.984. The van der Waals surface area contributed by atoms with Gasteiger partial charge in [-0.2, -0.15) is 0 Å². The van der Waals surface area contributed by atoms with Gasteiger partial charge in [0.15, 0.2) is 0 Å². The van der Waals surface area contributed by atoms with Crippen molar-refractivity contribution < 1.29 is 22.7 Å². The maximum atomic E-state index is 12.8. The van der Waals surface area contributed by atoms with Crippen LogP contribution in [0.2, 0.25) is 0 Å². The van der Waals surface area contributed by atoms with E-state index in [1.807, 2.05) is 45.0 Å². The molecule has 3 rings (SSSR count). The summed E-state index contributed by atoms with van der Waals surface area (Å²) in [6, 6.07) is 13.9. The zero-order valence-electron chi connectivity index (χ0n) is 17.7. The highest BCUT2D eigenvalue weighted by Gasteiger charge is 2.34. The highest BCUT2D eigenvalue weighted by Crippen LogP contribution is 2.39. The number of para-hydroxylation sites is 1. The molecule has 7 nitrogen and oxygen atoms in total. The first-order chi connectivity index (χ1) is 14.1. The average Bonchev–Trinajstić information content (AvgIpc) is 2.65. The SMILES string of the molecule is CCOc1ccc(N(CC(=O)N[C@H]2CC(C)(C)Oc3ccccc32)S(C)(=O)=O)cc1. The van der Waals surface area contributed by atoms with Crippen molar-refractivity contribution in [3.8, 4) is 11.5 Å². The molecule has 0 unspecified atom stereocenters. The maximum absolute atomic E-state index is 12.8. The highest BCUT2D eigenvalue weighted by molar-refractivity contribution is 7.92. The van der Waals surface area contributed by atoms with Crippen LogP contribution in [0, 0.1) is 0 Å². The molecule has 1 amide bonds. The molecule has 0 bridgehead atoms. The van der Waals surface area contributed by atoms with Gasteiger partial charge in [0, 0.05) is 12.0 Å². The van der Waals surface area contributed by atoms with E-state index in [2.05, 4.69) is 5.32 Å². The van der Waals surface area contributed by atoms with E-state index in [9.17, 15) is 13.2 Å². The first-order valence-electron chi connectivity index (χ1n) is 9.87. The van der Waals surface area contributed by atoms with Gasteiger partial charge in [0.2, 0.25) is 15.9 Å². The minimum Gasteiger partial charge on any atom is -0.494 e. The summed E-state index contributed by atoms with van der Waals surface area (Å²) in [7, 11) is -3.66. The Morgan fingerprint density at radius 3 is 2.50 bits per heavy atom. The molecule has 0 aromatic heterocycles. The van der Waals surface area contributed by atoms with E-state index in [1.165, 1.54) is 0 Å². The minimum atomic E-state index is -3.66.